The third-order valence-corrected chi connectivity index (χ3v) is 3.09. The molecule has 2 rings (SSSR count). The van der Waals surface area contributed by atoms with E-state index in [1.165, 1.54) is 7.11 Å². The van der Waals surface area contributed by atoms with E-state index < -0.39 is 6.29 Å². The smallest absolute Gasteiger partial charge is 0.290 e. The molecule has 2 aromatic rings. The molecule has 0 fully saturated rings. The largest absolute Gasteiger partial charge is 0.454 e. The van der Waals surface area contributed by atoms with Gasteiger partial charge in [-0.3, -0.25) is 9.78 Å². The van der Waals surface area contributed by atoms with E-state index in [2.05, 4.69) is 22.1 Å². The lowest BCUT2D eigenvalue weighted by Gasteiger charge is -2.24. The van der Waals surface area contributed by atoms with Crippen LogP contribution in [0.1, 0.15) is 33.3 Å². The highest BCUT2D eigenvalue weighted by Crippen LogP contribution is 2.20. The van der Waals surface area contributed by atoms with E-state index in [0.29, 0.717) is 5.75 Å². The zero-order valence-corrected chi connectivity index (χ0v) is 14.6. The Hall–Kier alpha value is -2.58. The average molecular weight is 326 g/mol. The van der Waals surface area contributed by atoms with Gasteiger partial charge in [0.25, 0.3) is 12.2 Å². The number of fused-ring (bicyclic) bond motifs is 1. The van der Waals surface area contributed by atoms with E-state index in [0.717, 1.165) is 16.5 Å². The molecule has 0 saturated heterocycles. The van der Waals surface area contributed by atoms with Gasteiger partial charge < -0.3 is 14.8 Å². The van der Waals surface area contributed by atoms with Crippen molar-refractivity contribution in [3.63, 3.8) is 0 Å². The first kappa shape index (κ1) is 17.8. The van der Waals surface area contributed by atoms with Crippen molar-refractivity contribution in [2.24, 2.45) is 0 Å². The number of carbonyl (C=O) groups excluding carboxylic acids is 1. The number of carbonyl (C=O) groups is 1. The fourth-order valence-electron chi connectivity index (χ4n) is 2.16. The maximum atomic E-state index is 12.2. The number of methoxy groups -OCH3 is 1. The van der Waals surface area contributed by atoms with Crippen molar-refractivity contribution in [1.82, 2.24) is 10.3 Å². The fraction of sp³-hybridized carbons (Fsp3) is 0.368. The minimum absolute atomic E-state index is 0.337. The van der Waals surface area contributed by atoms with E-state index in [4.69, 9.17) is 9.47 Å². The van der Waals surface area contributed by atoms with Gasteiger partial charge in [0.05, 0.1) is 11.7 Å². The number of rotatable bonds is 4. The highest BCUT2D eigenvalue weighted by Gasteiger charge is 2.24. The lowest BCUT2D eigenvalue weighted by atomic mass is 10.1. The third kappa shape index (κ3) is 4.71. The van der Waals surface area contributed by atoms with Gasteiger partial charge >= 0.3 is 0 Å². The normalized spacial score (nSPS) is 12.2. The number of nitrogens with zero attached hydrogens (tertiary/aromatic N) is 1. The number of hydrogen-bond acceptors (Lipinski definition) is 4. The molecule has 0 aliphatic carbocycles. The maximum Gasteiger partial charge on any atom is 0.290 e. The molecule has 0 saturated carbocycles. The third-order valence-electron chi connectivity index (χ3n) is 3.09. The van der Waals surface area contributed by atoms with Crippen molar-refractivity contribution >= 4 is 16.8 Å². The van der Waals surface area contributed by atoms with Crippen molar-refractivity contribution in [3.8, 4) is 17.6 Å². The molecular weight excluding hydrogens is 304 g/mol. The molecule has 5 nitrogen and oxygen atoms in total. The van der Waals surface area contributed by atoms with E-state index in [1.807, 2.05) is 45.0 Å². The summed E-state index contributed by atoms with van der Waals surface area (Å²) in [6.07, 6.45) is 0.534. The Morgan fingerprint density at radius 1 is 1.29 bits per heavy atom. The SMILES string of the molecule is CC#Cc1ccc2ncc(OC(OC)C(=O)NC(C)(C)C)cc2c1. The second-order valence-electron chi connectivity index (χ2n) is 6.38. The monoisotopic (exact) mass is 326 g/mol. The number of pyridine rings is 1. The summed E-state index contributed by atoms with van der Waals surface area (Å²) >= 11 is 0. The van der Waals surface area contributed by atoms with Crippen molar-refractivity contribution in [3.05, 3.63) is 36.0 Å². The van der Waals surface area contributed by atoms with Crippen LogP contribution < -0.4 is 10.1 Å². The predicted molar refractivity (Wildman–Crippen MR) is 93.6 cm³/mol. The number of hydrogen-bond donors (Lipinski definition) is 1. The van der Waals surface area contributed by atoms with Gasteiger partial charge in [-0.2, -0.15) is 0 Å². The number of ether oxygens (including phenoxy) is 2. The quantitative estimate of drug-likeness (QED) is 0.693. The van der Waals surface area contributed by atoms with Crippen LogP contribution in [0.15, 0.2) is 30.5 Å². The van der Waals surface area contributed by atoms with Crippen LogP contribution in [-0.4, -0.2) is 29.8 Å². The van der Waals surface area contributed by atoms with E-state index in [-0.39, 0.29) is 11.4 Å². The van der Waals surface area contributed by atoms with E-state index in [9.17, 15) is 4.79 Å². The average Bonchev–Trinajstić information content (AvgIpc) is 2.50. The molecule has 126 valence electrons. The second-order valence-corrected chi connectivity index (χ2v) is 6.38. The van der Waals surface area contributed by atoms with Gasteiger partial charge in [0, 0.05) is 23.6 Å². The Labute approximate surface area is 142 Å². The van der Waals surface area contributed by atoms with Crippen molar-refractivity contribution in [2.75, 3.05) is 7.11 Å². The van der Waals surface area contributed by atoms with Crippen LogP contribution >= 0.6 is 0 Å². The van der Waals surface area contributed by atoms with Crippen LogP contribution in [0.5, 0.6) is 5.75 Å². The molecule has 5 heteroatoms. The fourth-order valence-corrected chi connectivity index (χ4v) is 2.16. The van der Waals surface area contributed by atoms with Crippen LogP contribution in [0.4, 0.5) is 0 Å². The molecule has 0 aliphatic rings. The molecule has 1 aromatic heterocycles. The summed E-state index contributed by atoms with van der Waals surface area (Å²) in [4.78, 5) is 16.5. The maximum absolute atomic E-state index is 12.2. The molecule has 1 atom stereocenters. The molecule has 1 aromatic carbocycles. The Balaban J connectivity index is 2.23. The van der Waals surface area contributed by atoms with Crippen LogP contribution in [0, 0.1) is 11.8 Å². The summed E-state index contributed by atoms with van der Waals surface area (Å²) < 4.78 is 10.8. The van der Waals surface area contributed by atoms with Crippen LogP contribution in [-0.2, 0) is 9.53 Å². The minimum Gasteiger partial charge on any atom is -0.454 e. The first-order chi connectivity index (χ1) is 11.3. The van der Waals surface area contributed by atoms with Crippen molar-refractivity contribution in [1.29, 1.82) is 0 Å². The standard InChI is InChI=1S/C19H22N2O3/c1-6-7-13-8-9-16-14(10-13)11-15(12-20-16)24-18(23-5)17(22)21-19(2,3)4/h8-12,18H,1-5H3,(H,21,22). The van der Waals surface area contributed by atoms with Crippen LogP contribution in [0.2, 0.25) is 0 Å². The lowest BCUT2D eigenvalue weighted by molar-refractivity contribution is -0.149. The minimum atomic E-state index is -1.04. The highest BCUT2D eigenvalue weighted by atomic mass is 16.7. The summed E-state index contributed by atoms with van der Waals surface area (Å²) in [7, 11) is 1.43. The first-order valence-corrected chi connectivity index (χ1v) is 7.66. The molecule has 0 aliphatic heterocycles. The summed E-state index contributed by atoms with van der Waals surface area (Å²) in [6.45, 7) is 7.47. The summed E-state index contributed by atoms with van der Waals surface area (Å²) in [5.74, 6) is 6.00. The molecule has 0 spiro atoms. The van der Waals surface area contributed by atoms with Gasteiger partial charge in [0.2, 0.25) is 0 Å². The molecular formula is C19H22N2O3. The Bertz CT molecular complexity index is 798. The summed E-state index contributed by atoms with van der Waals surface area (Å²) in [5.41, 5.74) is 1.36. The Kier molecular flexibility index (Phi) is 5.42. The molecule has 1 amide bonds. The molecule has 0 bridgehead atoms. The molecule has 0 radical (unpaired) electrons. The molecule has 1 N–H and O–H groups in total. The van der Waals surface area contributed by atoms with Gasteiger partial charge in [-0.05, 0) is 52.0 Å². The second kappa shape index (κ2) is 7.33. The van der Waals surface area contributed by atoms with Gasteiger partial charge in [-0.25, -0.2) is 0 Å². The Morgan fingerprint density at radius 3 is 2.67 bits per heavy atom. The molecule has 1 heterocycles. The molecule has 1 unspecified atom stereocenters. The van der Waals surface area contributed by atoms with Crippen molar-refractivity contribution < 1.29 is 14.3 Å². The van der Waals surface area contributed by atoms with Gasteiger partial charge in [0.1, 0.15) is 5.75 Å². The number of nitrogens with one attached hydrogen (secondary N) is 1. The van der Waals surface area contributed by atoms with Gasteiger partial charge in [-0.1, -0.05) is 5.92 Å². The highest BCUT2D eigenvalue weighted by molar-refractivity contribution is 5.82. The zero-order valence-electron chi connectivity index (χ0n) is 14.6. The topological polar surface area (TPSA) is 60.5 Å². The van der Waals surface area contributed by atoms with Gasteiger partial charge in [0.15, 0.2) is 0 Å². The Morgan fingerprint density at radius 2 is 2.04 bits per heavy atom. The van der Waals surface area contributed by atoms with Crippen molar-refractivity contribution in [2.45, 2.75) is 39.5 Å². The number of aromatic nitrogens is 1. The number of amides is 1. The zero-order chi connectivity index (χ0) is 17.7. The van der Waals surface area contributed by atoms with Crippen LogP contribution in [0.25, 0.3) is 10.9 Å². The first-order valence-electron chi connectivity index (χ1n) is 7.66. The predicted octanol–water partition coefficient (Wildman–Crippen LogP) is 2.87. The van der Waals surface area contributed by atoms with Crippen LogP contribution in [0.3, 0.4) is 0 Å². The molecule has 24 heavy (non-hydrogen) atoms. The number of benzene rings is 1. The summed E-state index contributed by atoms with van der Waals surface area (Å²) in [6, 6.07) is 7.57. The lowest BCUT2D eigenvalue weighted by Crippen LogP contribution is -2.48. The summed E-state index contributed by atoms with van der Waals surface area (Å²) in [5, 5.41) is 3.71. The van der Waals surface area contributed by atoms with E-state index >= 15 is 0 Å². The van der Waals surface area contributed by atoms with E-state index in [1.54, 1.807) is 13.1 Å². The van der Waals surface area contributed by atoms with Gasteiger partial charge in [-0.15, -0.1) is 5.92 Å².